The highest BCUT2D eigenvalue weighted by molar-refractivity contribution is 5.92. The van der Waals surface area contributed by atoms with Crippen LogP contribution in [0.3, 0.4) is 0 Å². The Bertz CT molecular complexity index is 774. The summed E-state index contributed by atoms with van der Waals surface area (Å²) in [6.07, 6.45) is 1.50. The first kappa shape index (κ1) is 16.1. The first-order valence-electron chi connectivity index (χ1n) is 7.69. The summed E-state index contributed by atoms with van der Waals surface area (Å²) < 4.78 is 1.37. The van der Waals surface area contributed by atoms with E-state index in [4.69, 9.17) is 0 Å². The predicted octanol–water partition coefficient (Wildman–Crippen LogP) is 0.998. The van der Waals surface area contributed by atoms with Gasteiger partial charge in [0, 0.05) is 37.3 Å². The van der Waals surface area contributed by atoms with Crippen molar-refractivity contribution in [2.45, 2.75) is 25.9 Å². The minimum atomic E-state index is -0.476. The molecular formula is C15H18N6O3. The largest absolute Gasteiger partial charge is 0.332 e. The number of hydrogen-bond donors (Lipinski definition) is 1. The van der Waals surface area contributed by atoms with Gasteiger partial charge in [-0.25, -0.2) is 4.68 Å². The van der Waals surface area contributed by atoms with Crippen molar-refractivity contribution in [1.29, 1.82) is 0 Å². The molecule has 24 heavy (non-hydrogen) atoms. The number of hydrogen-bond acceptors (Lipinski definition) is 6. The number of nitrogens with one attached hydrogen (secondary N) is 1. The topological polar surface area (TPSA) is 106 Å². The Kier molecular flexibility index (Phi) is 4.26. The number of benzene rings is 1. The molecule has 0 spiro atoms. The lowest BCUT2D eigenvalue weighted by molar-refractivity contribution is -0.384. The lowest BCUT2D eigenvalue weighted by Crippen LogP contribution is -2.57. The van der Waals surface area contributed by atoms with E-state index in [-0.39, 0.29) is 29.4 Å². The highest BCUT2D eigenvalue weighted by Gasteiger charge is 2.30. The van der Waals surface area contributed by atoms with Crippen molar-refractivity contribution in [2.24, 2.45) is 0 Å². The molecule has 1 aromatic carbocycles. The molecule has 0 aliphatic carbocycles. The zero-order chi connectivity index (χ0) is 17.3. The number of non-ortho nitro benzene ring substituents is 1. The maximum atomic E-state index is 12.6. The highest BCUT2D eigenvalue weighted by atomic mass is 16.6. The number of nitro groups is 1. The number of rotatable bonds is 3. The molecule has 1 saturated heterocycles. The van der Waals surface area contributed by atoms with E-state index in [1.54, 1.807) is 17.0 Å². The third-order valence-electron chi connectivity index (χ3n) is 4.31. The van der Waals surface area contributed by atoms with Crippen molar-refractivity contribution < 1.29 is 9.72 Å². The van der Waals surface area contributed by atoms with Crippen molar-refractivity contribution in [1.82, 2.24) is 25.2 Å². The molecule has 1 aromatic heterocycles. The molecule has 0 bridgehead atoms. The van der Waals surface area contributed by atoms with Crippen LogP contribution in [-0.4, -0.2) is 55.9 Å². The summed E-state index contributed by atoms with van der Waals surface area (Å²) in [5, 5.41) is 22.0. The molecule has 9 nitrogen and oxygen atoms in total. The van der Waals surface area contributed by atoms with E-state index in [0.29, 0.717) is 12.2 Å². The van der Waals surface area contributed by atoms with Crippen LogP contribution < -0.4 is 5.32 Å². The van der Waals surface area contributed by atoms with Gasteiger partial charge in [0.15, 0.2) is 5.69 Å². The van der Waals surface area contributed by atoms with Gasteiger partial charge in [-0.3, -0.25) is 14.9 Å². The molecule has 1 N–H and O–H groups in total. The first-order chi connectivity index (χ1) is 11.5. The van der Waals surface area contributed by atoms with Gasteiger partial charge in [0.2, 0.25) is 0 Å². The number of carbonyl (C=O) groups excluding carboxylic acids is 1. The Morgan fingerprint density at radius 2 is 2.21 bits per heavy atom. The number of amides is 1. The molecule has 1 aliphatic rings. The van der Waals surface area contributed by atoms with Gasteiger partial charge in [-0.2, -0.15) is 0 Å². The maximum absolute atomic E-state index is 12.6. The molecule has 2 atom stereocenters. The van der Waals surface area contributed by atoms with Gasteiger partial charge < -0.3 is 10.2 Å². The van der Waals surface area contributed by atoms with Crippen LogP contribution in [-0.2, 0) is 0 Å². The molecule has 2 heterocycles. The fraction of sp³-hybridized carbons (Fsp3) is 0.400. The fourth-order valence-corrected chi connectivity index (χ4v) is 2.73. The second-order valence-corrected chi connectivity index (χ2v) is 5.81. The summed E-state index contributed by atoms with van der Waals surface area (Å²) >= 11 is 0. The van der Waals surface area contributed by atoms with Crippen molar-refractivity contribution in [3.8, 4) is 5.69 Å². The maximum Gasteiger partial charge on any atom is 0.276 e. The minimum Gasteiger partial charge on any atom is -0.332 e. The van der Waals surface area contributed by atoms with E-state index < -0.39 is 4.92 Å². The summed E-state index contributed by atoms with van der Waals surface area (Å²) in [5.41, 5.74) is 0.667. The van der Waals surface area contributed by atoms with Crippen molar-refractivity contribution >= 4 is 11.6 Å². The number of carbonyl (C=O) groups is 1. The summed E-state index contributed by atoms with van der Waals surface area (Å²) in [4.78, 5) is 24.8. The second-order valence-electron chi connectivity index (χ2n) is 5.81. The van der Waals surface area contributed by atoms with Gasteiger partial charge in [-0.15, -0.1) is 5.10 Å². The molecular weight excluding hydrogens is 312 g/mol. The molecule has 3 rings (SSSR count). The standard InChI is InChI=1S/C15H18N6O3/c1-10-11(2)19(7-6-16-10)15(22)14-9-20(18-17-14)12-4-3-5-13(8-12)21(23)24/h3-5,8-11,16H,6-7H2,1-2H3. The van der Waals surface area contributed by atoms with Gasteiger partial charge in [-0.1, -0.05) is 11.3 Å². The second kappa shape index (κ2) is 6.36. The first-order valence-corrected chi connectivity index (χ1v) is 7.69. The molecule has 1 amide bonds. The van der Waals surface area contributed by atoms with Crippen molar-refractivity contribution in [2.75, 3.05) is 13.1 Å². The molecule has 1 aliphatic heterocycles. The lowest BCUT2D eigenvalue weighted by Gasteiger charge is -2.38. The van der Waals surface area contributed by atoms with E-state index >= 15 is 0 Å². The number of nitrogens with zero attached hydrogens (tertiary/aromatic N) is 5. The van der Waals surface area contributed by atoms with Crippen LogP contribution in [0.15, 0.2) is 30.5 Å². The molecule has 9 heteroatoms. The summed E-state index contributed by atoms with van der Waals surface area (Å²) in [6, 6.07) is 6.28. The van der Waals surface area contributed by atoms with E-state index in [0.717, 1.165) is 6.54 Å². The Hall–Kier alpha value is -2.81. The van der Waals surface area contributed by atoms with Crippen LogP contribution >= 0.6 is 0 Å². The Balaban J connectivity index is 1.84. The Labute approximate surface area is 138 Å². The van der Waals surface area contributed by atoms with Gasteiger partial charge in [0.25, 0.3) is 11.6 Å². The molecule has 126 valence electrons. The molecule has 2 aromatic rings. The number of piperazine rings is 1. The molecule has 2 unspecified atom stereocenters. The van der Waals surface area contributed by atoms with Gasteiger partial charge in [0.05, 0.1) is 16.8 Å². The van der Waals surface area contributed by atoms with Crippen LogP contribution in [0, 0.1) is 10.1 Å². The third kappa shape index (κ3) is 2.98. The number of aromatic nitrogens is 3. The Morgan fingerprint density at radius 1 is 1.42 bits per heavy atom. The molecule has 1 fully saturated rings. The van der Waals surface area contributed by atoms with Crippen LogP contribution in [0.5, 0.6) is 0 Å². The van der Waals surface area contributed by atoms with Crippen LogP contribution in [0.4, 0.5) is 5.69 Å². The van der Waals surface area contributed by atoms with E-state index in [1.807, 2.05) is 13.8 Å². The normalized spacial score (nSPS) is 20.8. The average Bonchev–Trinajstić information content (AvgIpc) is 3.07. The molecule has 0 radical (unpaired) electrons. The predicted molar refractivity (Wildman–Crippen MR) is 86.0 cm³/mol. The van der Waals surface area contributed by atoms with E-state index in [1.165, 1.54) is 23.0 Å². The SMILES string of the molecule is CC1NCCN(C(=O)c2cn(-c3cccc([N+](=O)[O-])c3)nn2)C1C. The van der Waals surface area contributed by atoms with Gasteiger partial charge >= 0.3 is 0 Å². The monoisotopic (exact) mass is 330 g/mol. The van der Waals surface area contributed by atoms with Crippen LogP contribution in [0.25, 0.3) is 5.69 Å². The summed E-state index contributed by atoms with van der Waals surface area (Å²) in [5.74, 6) is -0.187. The lowest BCUT2D eigenvalue weighted by atomic mass is 10.1. The zero-order valence-corrected chi connectivity index (χ0v) is 13.4. The third-order valence-corrected chi connectivity index (χ3v) is 4.31. The summed E-state index contributed by atoms with van der Waals surface area (Å²) in [6.45, 7) is 5.36. The Morgan fingerprint density at radius 3 is 2.96 bits per heavy atom. The smallest absolute Gasteiger partial charge is 0.276 e. The van der Waals surface area contributed by atoms with Crippen LogP contribution in [0.1, 0.15) is 24.3 Å². The van der Waals surface area contributed by atoms with Crippen molar-refractivity contribution in [3.05, 3.63) is 46.3 Å². The number of nitro benzene ring substituents is 1. The summed E-state index contributed by atoms with van der Waals surface area (Å²) in [7, 11) is 0. The van der Waals surface area contributed by atoms with Gasteiger partial charge in [0.1, 0.15) is 0 Å². The van der Waals surface area contributed by atoms with Crippen LogP contribution in [0.2, 0.25) is 0 Å². The zero-order valence-electron chi connectivity index (χ0n) is 13.4. The van der Waals surface area contributed by atoms with E-state index in [2.05, 4.69) is 15.6 Å². The van der Waals surface area contributed by atoms with Gasteiger partial charge in [-0.05, 0) is 19.9 Å². The quantitative estimate of drug-likeness (QED) is 0.664. The fourth-order valence-electron chi connectivity index (χ4n) is 2.73. The highest BCUT2D eigenvalue weighted by Crippen LogP contribution is 2.17. The van der Waals surface area contributed by atoms with Crippen molar-refractivity contribution in [3.63, 3.8) is 0 Å². The molecule has 0 saturated carbocycles. The minimum absolute atomic E-state index is 0.0413. The average molecular weight is 330 g/mol. The van der Waals surface area contributed by atoms with E-state index in [9.17, 15) is 14.9 Å².